The highest BCUT2D eigenvalue weighted by Crippen LogP contribution is 2.22. The summed E-state index contributed by atoms with van der Waals surface area (Å²) in [4.78, 5) is 18.8. The summed E-state index contributed by atoms with van der Waals surface area (Å²) in [6.07, 6.45) is 3.39. The van der Waals surface area contributed by atoms with Crippen molar-refractivity contribution in [1.82, 2.24) is 9.97 Å². The molecule has 4 rings (SSSR count). The normalized spacial score (nSPS) is 11.8. The first kappa shape index (κ1) is 15.4. The molecule has 5 heteroatoms. The second-order valence-corrected chi connectivity index (χ2v) is 7.40. The van der Waals surface area contributed by atoms with Crippen LogP contribution in [0.5, 0.6) is 0 Å². The number of rotatable bonds is 3. The Balaban J connectivity index is 1.62. The number of carbonyl (C=O) groups excluding carboxylic acids is 1. The van der Waals surface area contributed by atoms with E-state index in [0.717, 1.165) is 36.4 Å². The summed E-state index contributed by atoms with van der Waals surface area (Å²) in [5, 5.41) is 2.13. The van der Waals surface area contributed by atoms with E-state index in [-0.39, 0.29) is 5.78 Å². The molecule has 118 valence electrons. The maximum atomic E-state index is 12.4. The fourth-order valence-corrected chi connectivity index (χ4v) is 3.42. The third kappa shape index (κ3) is 2.97. The number of ketones is 1. The zero-order chi connectivity index (χ0) is 16.7. The minimum absolute atomic E-state index is 0.0536. The Kier molecular flexibility index (Phi) is 3.90. The number of fused-ring (bicyclic) bond motifs is 2. The van der Waals surface area contributed by atoms with Crippen LogP contribution in [0.15, 0.2) is 63.6 Å². The van der Waals surface area contributed by atoms with Gasteiger partial charge in [-0.15, -0.1) is 0 Å². The SMILES string of the molecule is O=C(/C=C/c1cc2ccc(Br)cc2[nH]1)c1cc2ccc(Br)cc2[nH]1. The highest BCUT2D eigenvalue weighted by Gasteiger charge is 2.07. The second-order valence-electron chi connectivity index (χ2n) is 5.57. The van der Waals surface area contributed by atoms with Gasteiger partial charge in [-0.3, -0.25) is 4.79 Å². The zero-order valence-corrected chi connectivity index (χ0v) is 15.6. The molecule has 0 unspecified atom stereocenters. The number of carbonyl (C=O) groups is 1. The number of nitrogens with one attached hydrogen (secondary N) is 2. The maximum absolute atomic E-state index is 12.4. The van der Waals surface area contributed by atoms with Gasteiger partial charge in [-0.2, -0.15) is 0 Å². The van der Waals surface area contributed by atoms with E-state index in [2.05, 4.69) is 41.8 Å². The van der Waals surface area contributed by atoms with Crippen LogP contribution in [0.1, 0.15) is 16.2 Å². The molecular weight excluding hydrogens is 432 g/mol. The average molecular weight is 444 g/mol. The monoisotopic (exact) mass is 442 g/mol. The van der Waals surface area contributed by atoms with Crippen LogP contribution in [-0.4, -0.2) is 15.8 Å². The van der Waals surface area contributed by atoms with Gasteiger partial charge in [0, 0.05) is 36.4 Å². The molecule has 0 radical (unpaired) electrons. The predicted octanol–water partition coefficient (Wildman–Crippen LogP) is 6.07. The number of halogens is 2. The number of hydrogen-bond donors (Lipinski definition) is 2. The number of allylic oxidation sites excluding steroid dienone is 1. The van der Waals surface area contributed by atoms with Gasteiger partial charge in [0.1, 0.15) is 0 Å². The molecule has 0 atom stereocenters. The van der Waals surface area contributed by atoms with Crippen molar-refractivity contribution in [2.45, 2.75) is 0 Å². The summed E-state index contributed by atoms with van der Waals surface area (Å²) in [5.74, 6) is -0.0536. The molecule has 0 spiro atoms. The lowest BCUT2D eigenvalue weighted by molar-refractivity contribution is 0.104. The lowest BCUT2D eigenvalue weighted by Crippen LogP contribution is -1.93. The molecule has 0 aliphatic heterocycles. The molecule has 3 nitrogen and oxygen atoms in total. The Morgan fingerprint density at radius 3 is 2.17 bits per heavy atom. The van der Waals surface area contributed by atoms with Crippen LogP contribution in [-0.2, 0) is 0 Å². The Morgan fingerprint density at radius 2 is 1.46 bits per heavy atom. The van der Waals surface area contributed by atoms with Gasteiger partial charge >= 0.3 is 0 Å². The summed E-state index contributed by atoms with van der Waals surface area (Å²) in [7, 11) is 0. The summed E-state index contributed by atoms with van der Waals surface area (Å²) < 4.78 is 2.00. The maximum Gasteiger partial charge on any atom is 0.202 e. The number of H-pyrrole nitrogens is 2. The van der Waals surface area contributed by atoms with Crippen LogP contribution in [0, 0.1) is 0 Å². The molecule has 0 aliphatic rings. The minimum Gasteiger partial charge on any atom is -0.355 e. The molecule has 2 aromatic carbocycles. The molecule has 2 aromatic heterocycles. The van der Waals surface area contributed by atoms with E-state index < -0.39 is 0 Å². The molecule has 2 N–H and O–H groups in total. The Labute approximate surface area is 155 Å². The molecule has 24 heavy (non-hydrogen) atoms. The molecule has 4 aromatic rings. The van der Waals surface area contributed by atoms with Crippen molar-refractivity contribution in [2.75, 3.05) is 0 Å². The highest BCUT2D eigenvalue weighted by atomic mass is 79.9. The largest absolute Gasteiger partial charge is 0.355 e. The van der Waals surface area contributed by atoms with Gasteiger partial charge in [0.2, 0.25) is 5.78 Å². The molecule has 0 saturated carbocycles. The third-order valence-corrected chi connectivity index (χ3v) is 4.86. The fourth-order valence-electron chi connectivity index (χ4n) is 2.70. The number of benzene rings is 2. The third-order valence-electron chi connectivity index (χ3n) is 3.87. The van der Waals surface area contributed by atoms with Crippen LogP contribution >= 0.6 is 31.9 Å². The molecule has 0 amide bonds. The van der Waals surface area contributed by atoms with Crippen LogP contribution in [0.3, 0.4) is 0 Å². The van der Waals surface area contributed by atoms with E-state index in [9.17, 15) is 4.79 Å². The average Bonchev–Trinajstić information content (AvgIpc) is 3.15. The molecular formula is C19H12Br2N2O. The van der Waals surface area contributed by atoms with Gasteiger partial charge in [0.15, 0.2) is 0 Å². The van der Waals surface area contributed by atoms with Gasteiger partial charge < -0.3 is 9.97 Å². The van der Waals surface area contributed by atoms with Gasteiger partial charge in [-0.25, -0.2) is 0 Å². The quantitative estimate of drug-likeness (QED) is 0.293. The number of hydrogen-bond acceptors (Lipinski definition) is 1. The van der Waals surface area contributed by atoms with E-state index in [1.165, 1.54) is 0 Å². The smallest absolute Gasteiger partial charge is 0.202 e. The van der Waals surface area contributed by atoms with Gasteiger partial charge in [0.05, 0.1) is 5.69 Å². The Hall–Kier alpha value is -2.11. The summed E-state index contributed by atoms with van der Waals surface area (Å²) >= 11 is 6.89. The molecule has 2 heterocycles. The predicted molar refractivity (Wildman–Crippen MR) is 105 cm³/mol. The Bertz CT molecular complexity index is 1110. The van der Waals surface area contributed by atoms with Crippen molar-refractivity contribution < 1.29 is 4.79 Å². The van der Waals surface area contributed by atoms with Gasteiger partial charge in [-0.05, 0) is 48.6 Å². The van der Waals surface area contributed by atoms with Gasteiger partial charge in [-0.1, -0.05) is 44.0 Å². The minimum atomic E-state index is -0.0536. The van der Waals surface area contributed by atoms with Gasteiger partial charge in [0.25, 0.3) is 0 Å². The highest BCUT2D eigenvalue weighted by molar-refractivity contribution is 9.10. The van der Waals surface area contributed by atoms with Crippen molar-refractivity contribution in [2.24, 2.45) is 0 Å². The second kappa shape index (κ2) is 6.07. The van der Waals surface area contributed by atoms with Crippen molar-refractivity contribution >= 4 is 65.5 Å². The molecule has 0 aliphatic carbocycles. The summed E-state index contributed by atoms with van der Waals surface area (Å²) in [6.45, 7) is 0. The molecule has 0 saturated heterocycles. The first-order chi connectivity index (χ1) is 11.6. The van der Waals surface area contributed by atoms with E-state index in [0.29, 0.717) is 5.69 Å². The summed E-state index contributed by atoms with van der Waals surface area (Å²) in [6, 6.07) is 15.8. The van der Waals surface area contributed by atoms with Crippen LogP contribution < -0.4 is 0 Å². The van der Waals surface area contributed by atoms with E-state index in [4.69, 9.17) is 0 Å². The summed E-state index contributed by atoms with van der Waals surface area (Å²) in [5.41, 5.74) is 3.46. The first-order valence-electron chi connectivity index (χ1n) is 7.37. The number of aromatic nitrogens is 2. The number of aromatic amines is 2. The van der Waals surface area contributed by atoms with Crippen LogP contribution in [0.2, 0.25) is 0 Å². The van der Waals surface area contributed by atoms with Crippen LogP contribution in [0.25, 0.3) is 27.9 Å². The van der Waals surface area contributed by atoms with E-state index in [1.54, 1.807) is 12.2 Å². The lowest BCUT2D eigenvalue weighted by Gasteiger charge is -1.91. The fraction of sp³-hybridized carbons (Fsp3) is 0. The van der Waals surface area contributed by atoms with Crippen molar-refractivity contribution in [3.63, 3.8) is 0 Å². The Morgan fingerprint density at radius 1 is 0.833 bits per heavy atom. The molecule has 0 bridgehead atoms. The first-order valence-corrected chi connectivity index (χ1v) is 8.96. The van der Waals surface area contributed by atoms with E-state index in [1.807, 2.05) is 48.5 Å². The van der Waals surface area contributed by atoms with E-state index >= 15 is 0 Å². The topological polar surface area (TPSA) is 48.6 Å². The lowest BCUT2D eigenvalue weighted by atomic mass is 10.2. The standard InChI is InChI=1S/C19H12Br2N2O/c20-13-3-1-11-7-15(22-16(11)9-13)5-6-19(24)18-8-12-2-4-14(21)10-17(12)23-18/h1-10,22-23H/b6-5+. The van der Waals surface area contributed by atoms with Crippen molar-refractivity contribution in [3.8, 4) is 0 Å². The van der Waals surface area contributed by atoms with Crippen molar-refractivity contribution in [1.29, 1.82) is 0 Å². The van der Waals surface area contributed by atoms with Crippen molar-refractivity contribution in [3.05, 3.63) is 74.9 Å². The molecule has 0 fully saturated rings. The zero-order valence-electron chi connectivity index (χ0n) is 12.4. The van der Waals surface area contributed by atoms with Crippen LogP contribution in [0.4, 0.5) is 0 Å².